The van der Waals surface area contributed by atoms with E-state index in [1.54, 1.807) is 0 Å². The molecule has 4 atom stereocenters. The molecule has 2 aromatic carbocycles. The summed E-state index contributed by atoms with van der Waals surface area (Å²) in [6.45, 7) is 2.89. The van der Waals surface area contributed by atoms with Gasteiger partial charge in [-0.3, -0.25) is 9.59 Å². The van der Waals surface area contributed by atoms with Crippen LogP contribution in [0, 0.1) is 11.8 Å². The maximum Gasteiger partial charge on any atom is 0.303 e. The van der Waals surface area contributed by atoms with Crippen LogP contribution >= 0.6 is 0 Å². The molecule has 31 heavy (non-hydrogen) atoms. The average Bonchev–Trinajstić information content (AvgIpc) is 3.22. The van der Waals surface area contributed by atoms with E-state index in [2.05, 4.69) is 12.2 Å². The van der Waals surface area contributed by atoms with Crippen LogP contribution in [0.3, 0.4) is 0 Å². The van der Waals surface area contributed by atoms with Crippen molar-refractivity contribution in [2.24, 2.45) is 11.8 Å². The Morgan fingerprint density at radius 2 is 1.13 bits per heavy atom. The molecule has 0 N–H and O–H groups in total. The van der Waals surface area contributed by atoms with Gasteiger partial charge in [0.25, 0.3) is 0 Å². The number of hydrogen-bond acceptors (Lipinski definition) is 4. The van der Waals surface area contributed by atoms with Gasteiger partial charge in [-0.1, -0.05) is 72.8 Å². The molecule has 4 heteroatoms. The van der Waals surface area contributed by atoms with Crippen LogP contribution in [0.4, 0.5) is 0 Å². The largest absolute Gasteiger partial charge is 0.450 e. The van der Waals surface area contributed by atoms with Crippen molar-refractivity contribution in [3.63, 3.8) is 0 Å². The van der Waals surface area contributed by atoms with Gasteiger partial charge in [0.15, 0.2) is 11.2 Å². The van der Waals surface area contributed by atoms with Crippen LogP contribution < -0.4 is 0 Å². The number of rotatable bonds is 4. The van der Waals surface area contributed by atoms with Gasteiger partial charge in [0, 0.05) is 25.7 Å². The minimum Gasteiger partial charge on any atom is -0.450 e. The SMILES string of the molecule is CC(=O)OC12/C(=C/c3ccccc3)CC3C[C@@H]1C/C(=C\c1ccccc1)[C@]32OC(C)=O. The lowest BCUT2D eigenvalue weighted by atomic mass is 9.79. The van der Waals surface area contributed by atoms with Crippen LogP contribution in [-0.2, 0) is 19.1 Å². The molecule has 158 valence electrons. The van der Waals surface area contributed by atoms with Crippen molar-refractivity contribution in [2.45, 2.75) is 44.3 Å². The van der Waals surface area contributed by atoms with Gasteiger partial charge in [-0.15, -0.1) is 0 Å². The highest BCUT2D eigenvalue weighted by molar-refractivity contribution is 5.76. The minimum absolute atomic E-state index is 0.0967. The Balaban J connectivity index is 1.71. The van der Waals surface area contributed by atoms with Crippen LogP contribution in [0.5, 0.6) is 0 Å². The van der Waals surface area contributed by atoms with Crippen LogP contribution in [0.2, 0.25) is 0 Å². The van der Waals surface area contributed by atoms with Gasteiger partial charge in [0.05, 0.1) is 0 Å². The van der Waals surface area contributed by atoms with Gasteiger partial charge in [0.2, 0.25) is 0 Å². The molecule has 0 aliphatic heterocycles. The second kappa shape index (κ2) is 7.23. The number of ether oxygens (including phenoxy) is 2. The standard InChI is InChI=1S/C27H26O4/c1-18(28)30-26-22(13-20-9-5-3-6-10-20)15-25-17-24(26)16-23(27(25,26)31-19(2)29)14-21-11-7-4-8-12-21/h3-14,24-25H,15-17H2,1-2H3/b22-13+,23-14+/t24-,25?,26?,27-/m0/s1. The summed E-state index contributed by atoms with van der Waals surface area (Å²) in [5.74, 6) is -0.494. The van der Waals surface area contributed by atoms with Crippen LogP contribution in [-0.4, -0.2) is 23.1 Å². The first-order valence-electron chi connectivity index (χ1n) is 10.9. The molecule has 0 radical (unpaired) electrons. The molecule has 4 nitrogen and oxygen atoms in total. The van der Waals surface area contributed by atoms with Gasteiger partial charge < -0.3 is 9.47 Å². The Morgan fingerprint density at radius 1 is 0.742 bits per heavy atom. The van der Waals surface area contributed by atoms with Crippen LogP contribution in [0.1, 0.15) is 44.2 Å². The Labute approximate surface area is 182 Å². The summed E-state index contributed by atoms with van der Waals surface area (Å²) >= 11 is 0. The van der Waals surface area contributed by atoms with Crippen molar-refractivity contribution >= 4 is 24.1 Å². The fourth-order valence-electron chi connectivity index (χ4n) is 6.31. The summed E-state index contributed by atoms with van der Waals surface area (Å²) < 4.78 is 12.4. The molecule has 3 fully saturated rings. The number of carbonyl (C=O) groups is 2. The van der Waals surface area contributed by atoms with Crippen LogP contribution in [0.25, 0.3) is 12.2 Å². The van der Waals surface area contributed by atoms with E-state index < -0.39 is 11.2 Å². The van der Waals surface area contributed by atoms with E-state index in [0.717, 1.165) is 41.5 Å². The van der Waals surface area contributed by atoms with Crippen molar-refractivity contribution in [2.75, 3.05) is 0 Å². The zero-order valence-corrected chi connectivity index (χ0v) is 17.8. The maximum atomic E-state index is 12.4. The molecule has 0 amide bonds. The zero-order chi connectivity index (χ0) is 21.6. The monoisotopic (exact) mass is 414 g/mol. The summed E-state index contributed by atoms with van der Waals surface area (Å²) in [6.07, 6.45) is 6.63. The first kappa shape index (κ1) is 19.8. The average molecular weight is 415 g/mol. The quantitative estimate of drug-likeness (QED) is 0.645. The molecule has 2 aromatic rings. The fourth-order valence-corrected chi connectivity index (χ4v) is 6.31. The van der Waals surface area contributed by atoms with E-state index in [9.17, 15) is 9.59 Å². The van der Waals surface area contributed by atoms with E-state index in [1.165, 1.54) is 13.8 Å². The zero-order valence-electron chi connectivity index (χ0n) is 17.8. The normalized spacial score (nSPS) is 33.1. The lowest BCUT2D eigenvalue weighted by Crippen LogP contribution is -2.54. The molecule has 2 unspecified atom stereocenters. The topological polar surface area (TPSA) is 52.6 Å². The third-order valence-electron chi connectivity index (χ3n) is 7.05. The molecule has 4 bridgehead atoms. The molecule has 3 saturated carbocycles. The maximum absolute atomic E-state index is 12.4. The summed E-state index contributed by atoms with van der Waals surface area (Å²) in [4.78, 5) is 24.8. The highest BCUT2D eigenvalue weighted by Gasteiger charge is 2.80. The van der Waals surface area contributed by atoms with Gasteiger partial charge in [-0.05, 0) is 41.5 Å². The number of carbonyl (C=O) groups excluding carboxylic acids is 2. The molecule has 0 spiro atoms. The molecule has 5 rings (SSSR count). The summed E-state index contributed by atoms with van der Waals surface area (Å²) in [6, 6.07) is 20.1. The van der Waals surface area contributed by atoms with E-state index in [4.69, 9.17) is 9.47 Å². The highest BCUT2D eigenvalue weighted by Crippen LogP contribution is 2.73. The Kier molecular flexibility index (Phi) is 4.62. The highest BCUT2D eigenvalue weighted by atomic mass is 16.6. The molecule has 0 aromatic heterocycles. The Morgan fingerprint density at radius 3 is 1.48 bits per heavy atom. The number of esters is 2. The number of hydrogen-bond donors (Lipinski definition) is 0. The van der Waals surface area contributed by atoms with Crippen molar-refractivity contribution in [1.82, 2.24) is 0 Å². The smallest absolute Gasteiger partial charge is 0.303 e. The predicted octanol–water partition coefficient (Wildman–Crippen LogP) is 5.20. The lowest BCUT2D eigenvalue weighted by Gasteiger charge is -2.40. The minimum atomic E-state index is -0.939. The summed E-state index contributed by atoms with van der Waals surface area (Å²) in [5, 5.41) is 0. The summed E-state index contributed by atoms with van der Waals surface area (Å²) in [5.41, 5.74) is 2.34. The summed E-state index contributed by atoms with van der Waals surface area (Å²) in [7, 11) is 0. The first-order valence-corrected chi connectivity index (χ1v) is 10.9. The lowest BCUT2D eigenvalue weighted by molar-refractivity contribution is -0.185. The third-order valence-corrected chi connectivity index (χ3v) is 7.05. The molecule has 0 heterocycles. The predicted molar refractivity (Wildman–Crippen MR) is 119 cm³/mol. The van der Waals surface area contributed by atoms with Gasteiger partial charge in [-0.2, -0.15) is 0 Å². The van der Waals surface area contributed by atoms with Gasteiger partial charge in [0.1, 0.15) is 0 Å². The van der Waals surface area contributed by atoms with Crippen molar-refractivity contribution in [3.8, 4) is 0 Å². The molecule has 0 saturated heterocycles. The van der Waals surface area contributed by atoms with Crippen molar-refractivity contribution in [3.05, 3.63) is 82.9 Å². The first-order chi connectivity index (χ1) is 15.0. The second-order valence-corrected chi connectivity index (χ2v) is 8.86. The molecular formula is C27H26O4. The van der Waals surface area contributed by atoms with E-state index in [-0.39, 0.29) is 23.8 Å². The Hall–Kier alpha value is -3.14. The van der Waals surface area contributed by atoms with E-state index in [1.807, 2.05) is 60.7 Å². The molecular weight excluding hydrogens is 388 g/mol. The van der Waals surface area contributed by atoms with Crippen LogP contribution in [0.15, 0.2) is 71.8 Å². The van der Waals surface area contributed by atoms with Gasteiger partial charge >= 0.3 is 11.9 Å². The van der Waals surface area contributed by atoms with E-state index in [0.29, 0.717) is 0 Å². The molecule has 3 aliphatic carbocycles. The van der Waals surface area contributed by atoms with E-state index >= 15 is 0 Å². The van der Waals surface area contributed by atoms with Crippen molar-refractivity contribution < 1.29 is 19.1 Å². The fraction of sp³-hybridized carbons (Fsp3) is 0.333. The Bertz CT molecular complexity index is 997. The van der Waals surface area contributed by atoms with Crippen molar-refractivity contribution in [1.29, 1.82) is 0 Å². The second-order valence-electron chi connectivity index (χ2n) is 8.86. The number of benzene rings is 2. The molecule has 3 aliphatic rings. The van der Waals surface area contributed by atoms with Gasteiger partial charge in [-0.25, -0.2) is 0 Å². The third kappa shape index (κ3) is 2.88.